The number of piperidine rings is 1. The topological polar surface area (TPSA) is 50.2 Å². The van der Waals surface area contributed by atoms with Crippen molar-refractivity contribution in [1.82, 2.24) is 20.0 Å². The van der Waals surface area contributed by atoms with E-state index in [0.29, 0.717) is 11.1 Å². The number of fused-ring (bicyclic) bond motifs is 1. The number of likely N-dealkylation sites (tertiary alicyclic amines) is 1. The highest BCUT2D eigenvalue weighted by Gasteiger charge is 2.26. The van der Waals surface area contributed by atoms with Crippen LogP contribution >= 0.6 is 22.9 Å². The summed E-state index contributed by atoms with van der Waals surface area (Å²) in [6.45, 7) is 3.57. The zero-order chi connectivity index (χ0) is 18.3. The Balaban J connectivity index is 1.70. The summed E-state index contributed by atoms with van der Waals surface area (Å²) in [5.41, 5.74) is 1.83. The van der Waals surface area contributed by atoms with E-state index in [9.17, 15) is 4.79 Å². The Morgan fingerprint density at radius 2 is 2.23 bits per heavy atom. The van der Waals surface area contributed by atoms with Crippen LogP contribution in [0.25, 0.3) is 15.9 Å². The number of rotatable bonds is 3. The number of hydrogen-bond donors (Lipinski definition) is 1. The van der Waals surface area contributed by atoms with E-state index >= 15 is 0 Å². The SMILES string of the molecule is CNC1CCCN(C(=O)c2cc3c(C)nn(-c4cccc(Cl)c4)c3s2)C1. The summed E-state index contributed by atoms with van der Waals surface area (Å²) in [6, 6.07) is 9.97. The van der Waals surface area contributed by atoms with Crippen LogP contribution in [0.5, 0.6) is 0 Å². The minimum Gasteiger partial charge on any atom is -0.336 e. The molecule has 1 aliphatic rings. The summed E-state index contributed by atoms with van der Waals surface area (Å²) < 4.78 is 1.88. The molecule has 1 N–H and O–H groups in total. The van der Waals surface area contributed by atoms with Gasteiger partial charge in [-0.05, 0) is 51.1 Å². The Hall–Kier alpha value is -1.89. The highest BCUT2D eigenvalue weighted by molar-refractivity contribution is 7.20. The summed E-state index contributed by atoms with van der Waals surface area (Å²) in [7, 11) is 1.96. The molecule has 1 aliphatic heterocycles. The molecule has 7 heteroatoms. The lowest BCUT2D eigenvalue weighted by atomic mass is 10.1. The molecule has 26 heavy (non-hydrogen) atoms. The first-order valence-electron chi connectivity index (χ1n) is 8.78. The molecule has 3 heterocycles. The molecule has 0 aliphatic carbocycles. The number of thiophene rings is 1. The summed E-state index contributed by atoms with van der Waals surface area (Å²) in [5.74, 6) is 0.114. The minimum absolute atomic E-state index is 0.114. The van der Waals surface area contributed by atoms with Crippen LogP contribution < -0.4 is 5.32 Å². The second-order valence-corrected chi connectivity index (χ2v) is 8.15. The van der Waals surface area contributed by atoms with Gasteiger partial charge in [-0.3, -0.25) is 4.79 Å². The van der Waals surface area contributed by atoms with E-state index in [4.69, 9.17) is 11.6 Å². The first-order chi connectivity index (χ1) is 12.6. The Labute approximate surface area is 161 Å². The molecule has 1 amide bonds. The summed E-state index contributed by atoms with van der Waals surface area (Å²) in [5, 5.41) is 9.62. The third-order valence-electron chi connectivity index (χ3n) is 4.93. The Bertz CT molecular complexity index is 964. The quantitative estimate of drug-likeness (QED) is 0.740. The third-order valence-corrected chi connectivity index (χ3v) is 6.26. The number of carbonyl (C=O) groups is 1. The molecule has 0 bridgehead atoms. The molecular weight excluding hydrogens is 368 g/mol. The summed E-state index contributed by atoms with van der Waals surface area (Å²) in [6.07, 6.45) is 2.16. The number of benzene rings is 1. The molecule has 2 aromatic heterocycles. The van der Waals surface area contributed by atoms with Crippen LogP contribution in [0.3, 0.4) is 0 Å². The number of aromatic nitrogens is 2. The molecule has 0 spiro atoms. The summed E-state index contributed by atoms with van der Waals surface area (Å²) >= 11 is 7.63. The van der Waals surface area contributed by atoms with Gasteiger partial charge in [0.2, 0.25) is 0 Å². The van der Waals surface area contributed by atoms with Gasteiger partial charge >= 0.3 is 0 Å². The van der Waals surface area contributed by atoms with Gasteiger partial charge in [-0.25, -0.2) is 4.68 Å². The second-order valence-electron chi connectivity index (χ2n) is 6.69. The molecule has 3 aromatic rings. The molecule has 0 saturated carbocycles. The van der Waals surface area contributed by atoms with Crippen LogP contribution in [0.1, 0.15) is 28.2 Å². The lowest BCUT2D eigenvalue weighted by Crippen LogP contribution is -2.46. The largest absolute Gasteiger partial charge is 0.336 e. The van der Waals surface area contributed by atoms with Crippen molar-refractivity contribution in [2.45, 2.75) is 25.8 Å². The predicted octanol–water partition coefficient (Wildman–Crippen LogP) is 3.87. The molecule has 1 aromatic carbocycles. The minimum atomic E-state index is 0.114. The molecule has 5 nitrogen and oxygen atoms in total. The van der Waals surface area contributed by atoms with Crippen LogP contribution in [-0.2, 0) is 0 Å². The normalized spacial score (nSPS) is 17.8. The van der Waals surface area contributed by atoms with E-state index in [1.54, 1.807) is 0 Å². The zero-order valence-electron chi connectivity index (χ0n) is 14.8. The number of nitrogens with one attached hydrogen (secondary N) is 1. The van der Waals surface area contributed by atoms with Gasteiger partial charge in [0.25, 0.3) is 5.91 Å². The number of likely N-dealkylation sites (N-methyl/N-ethyl adjacent to an activating group) is 1. The van der Waals surface area contributed by atoms with Gasteiger partial charge in [0.1, 0.15) is 4.83 Å². The fourth-order valence-corrected chi connectivity index (χ4v) is 4.82. The molecule has 136 valence electrons. The number of amides is 1. The van der Waals surface area contributed by atoms with Crippen molar-refractivity contribution >= 4 is 39.1 Å². The van der Waals surface area contributed by atoms with Crippen LogP contribution in [0.15, 0.2) is 30.3 Å². The van der Waals surface area contributed by atoms with Crippen LogP contribution in [0.2, 0.25) is 5.02 Å². The Kier molecular flexibility index (Phi) is 4.73. The number of hydrogen-bond acceptors (Lipinski definition) is 4. The van der Waals surface area contributed by atoms with Gasteiger partial charge in [0.15, 0.2) is 0 Å². The summed E-state index contributed by atoms with van der Waals surface area (Å²) in [4.78, 5) is 16.7. The maximum absolute atomic E-state index is 13.0. The van der Waals surface area contributed by atoms with Crippen molar-refractivity contribution in [3.63, 3.8) is 0 Å². The second kappa shape index (κ2) is 7.02. The Morgan fingerprint density at radius 1 is 1.38 bits per heavy atom. The monoisotopic (exact) mass is 388 g/mol. The van der Waals surface area contributed by atoms with E-state index in [1.807, 2.05) is 53.9 Å². The maximum atomic E-state index is 13.0. The molecule has 1 atom stereocenters. The standard InChI is InChI=1S/C19H21ClN4OS/c1-12-16-10-17(18(25)23-8-4-6-14(11-23)21-2)26-19(16)24(22-12)15-7-3-5-13(20)9-15/h3,5,7,9-10,14,21H,4,6,8,11H2,1-2H3. The van der Waals surface area contributed by atoms with Gasteiger partial charge in [-0.2, -0.15) is 5.10 Å². The van der Waals surface area contributed by atoms with Crippen LogP contribution in [0.4, 0.5) is 0 Å². The zero-order valence-corrected chi connectivity index (χ0v) is 16.4. The van der Waals surface area contributed by atoms with E-state index in [-0.39, 0.29) is 5.91 Å². The van der Waals surface area contributed by atoms with Gasteiger partial charge in [-0.1, -0.05) is 17.7 Å². The van der Waals surface area contributed by atoms with Gasteiger partial charge in [0.05, 0.1) is 16.3 Å². The van der Waals surface area contributed by atoms with Crippen molar-refractivity contribution in [1.29, 1.82) is 0 Å². The first-order valence-corrected chi connectivity index (χ1v) is 9.98. The number of aryl methyl sites for hydroxylation is 1. The first kappa shape index (κ1) is 17.5. The highest BCUT2D eigenvalue weighted by atomic mass is 35.5. The molecule has 4 rings (SSSR count). The van der Waals surface area contributed by atoms with Gasteiger partial charge in [0, 0.05) is 29.5 Å². The molecule has 1 fully saturated rings. The highest BCUT2D eigenvalue weighted by Crippen LogP contribution is 2.32. The maximum Gasteiger partial charge on any atom is 0.264 e. The van der Waals surface area contributed by atoms with E-state index in [0.717, 1.165) is 52.4 Å². The molecule has 1 unspecified atom stereocenters. The lowest BCUT2D eigenvalue weighted by Gasteiger charge is -2.32. The predicted molar refractivity (Wildman–Crippen MR) is 107 cm³/mol. The fourth-order valence-electron chi connectivity index (χ4n) is 3.49. The number of nitrogens with zero attached hydrogens (tertiary/aromatic N) is 3. The van der Waals surface area contributed by atoms with Crippen LogP contribution in [0, 0.1) is 6.92 Å². The van der Waals surface area contributed by atoms with Gasteiger partial charge in [-0.15, -0.1) is 11.3 Å². The molecular formula is C19H21ClN4OS. The van der Waals surface area contributed by atoms with Crippen molar-refractivity contribution in [2.75, 3.05) is 20.1 Å². The number of halogens is 1. The molecule has 1 saturated heterocycles. The smallest absolute Gasteiger partial charge is 0.264 e. The van der Waals surface area contributed by atoms with Crippen molar-refractivity contribution in [3.05, 3.63) is 45.9 Å². The third kappa shape index (κ3) is 3.13. The van der Waals surface area contributed by atoms with E-state index < -0.39 is 0 Å². The average molecular weight is 389 g/mol. The van der Waals surface area contributed by atoms with Gasteiger partial charge < -0.3 is 10.2 Å². The van der Waals surface area contributed by atoms with Crippen molar-refractivity contribution in [2.24, 2.45) is 0 Å². The average Bonchev–Trinajstić information content (AvgIpc) is 3.22. The number of carbonyl (C=O) groups excluding carboxylic acids is 1. The van der Waals surface area contributed by atoms with Crippen LogP contribution in [-0.4, -0.2) is 46.8 Å². The van der Waals surface area contributed by atoms with Crippen molar-refractivity contribution < 1.29 is 4.79 Å². The van der Waals surface area contributed by atoms with Crippen molar-refractivity contribution in [3.8, 4) is 5.69 Å². The Morgan fingerprint density at radius 3 is 3.00 bits per heavy atom. The molecule has 0 radical (unpaired) electrons. The van der Waals surface area contributed by atoms with E-state index in [1.165, 1.54) is 11.3 Å². The lowest BCUT2D eigenvalue weighted by molar-refractivity contribution is 0.0703. The fraction of sp³-hybridized carbons (Fsp3) is 0.368. The van der Waals surface area contributed by atoms with E-state index in [2.05, 4.69) is 10.4 Å².